The number of hydrogen-bond donors (Lipinski definition) is 1. The van der Waals surface area contributed by atoms with Crippen molar-refractivity contribution in [1.29, 1.82) is 0 Å². The van der Waals surface area contributed by atoms with Crippen LogP contribution >= 0.6 is 45.9 Å². The van der Waals surface area contributed by atoms with E-state index in [-0.39, 0.29) is 0 Å². The molecule has 0 amide bonds. The van der Waals surface area contributed by atoms with Gasteiger partial charge in [0.1, 0.15) is 0 Å². The summed E-state index contributed by atoms with van der Waals surface area (Å²) < 4.78 is 1.71. The molecule has 0 fully saturated rings. The summed E-state index contributed by atoms with van der Waals surface area (Å²) in [5, 5.41) is 3.42. The van der Waals surface area contributed by atoms with E-state index in [1.54, 1.807) is 22.7 Å². The second-order valence-electron chi connectivity index (χ2n) is 4.33. The molecule has 0 aliphatic rings. The monoisotopic (exact) mass is 334 g/mol. The zero-order valence-corrected chi connectivity index (χ0v) is 13.8. The number of thiophene rings is 2. The molecule has 0 unspecified atom stereocenters. The molecule has 104 valence electrons. The van der Waals surface area contributed by atoms with Gasteiger partial charge in [-0.3, -0.25) is 0 Å². The largest absolute Gasteiger partial charge is 0.311 e. The van der Waals surface area contributed by atoms with Crippen LogP contribution in [0.15, 0.2) is 24.3 Å². The van der Waals surface area contributed by atoms with E-state index in [1.807, 2.05) is 12.1 Å². The van der Waals surface area contributed by atoms with Crippen LogP contribution in [0, 0.1) is 0 Å². The van der Waals surface area contributed by atoms with Crippen LogP contribution in [-0.4, -0.2) is 25.0 Å². The zero-order chi connectivity index (χ0) is 13.7. The van der Waals surface area contributed by atoms with Gasteiger partial charge in [0.15, 0.2) is 0 Å². The lowest BCUT2D eigenvalue weighted by Gasteiger charge is -2.15. The highest BCUT2D eigenvalue weighted by Crippen LogP contribution is 2.22. The third-order valence-corrected chi connectivity index (χ3v) is 5.10. The van der Waals surface area contributed by atoms with E-state index < -0.39 is 0 Å². The summed E-state index contributed by atoms with van der Waals surface area (Å²) in [6, 6.07) is 8.05. The van der Waals surface area contributed by atoms with Crippen molar-refractivity contribution in [2.45, 2.75) is 13.1 Å². The van der Waals surface area contributed by atoms with Crippen LogP contribution in [0.4, 0.5) is 0 Å². The molecule has 0 radical (unpaired) electrons. The zero-order valence-electron chi connectivity index (χ0n) is 10.7. The van der Waals surface area contributed by atoms with Crippen molar-refractivity contribution in [2.75, 3.05) is 20.1 Å². The maximum absolute atomic E-state index is 5.92. The third-order valence-electron chi connectivity index (χ3n) is 2.65. The van der Waals surface area contributed by atoms with Crippen molar-refractivity contribution in [3.8, 4) is 0 Å². The van der Waals surface area contributed by atoms with Crippen molar-refractivity contribution in [3.05, 3.63) is 42.7 Å². The molecule has 1 N–H and O–H groups in total. The van der Waals surface area contributed by atoms with Gasteiger partial charge in [-0.05, 0) is 31.3 Å². The molecular weight excluding hydrogens is 319 g/mol. The Morgan fingerprint density at radius 1 is 1.05 bits per heavy atom. The topological polar surface area (TPSA) is 15.3 Å². The van der Waals surface area contributed by atoms with Gasteiger partial charge in [0.2, 0.25) is 0 Å². The summed E-state index contributed by atoms with van der Waals surface area (Å²) in [6.07, 6.45) is 0. The van der Waals surface area contributed by atoms with Crippen molar-refractivity contribution in [2.24, 2.45) is 0 Å². The Balaban J connectivity index is 1.62. The first-order chi connectivity index (χ1) is 9.13. The predicted molar refractivity (Wildman–Crippen MR) is 86.7 cm³/mol. The van der Waals surface area contributed by atoms with E-state index in [4.69, 9.17) is 23.2 Å². The molecule has 0 spiro atoms. The fourth-order valence-electron chi connectivity index (χ4n) is 1.71. The lowest BCUT2D eigenvalue weighted by molar-refractivity contribution is 0.327. The van der Waals surface area contributed by atoms with Crippen LogP contribution in [-0.2, 0) is 13.1 Å². The molecule has 2 heterocycles. The maximum atomic E-state index is 5.92. The number of nitrogens with zero attached hydrogens (tertiary/aromatic N) is 1. The van der Waals surface area contributed by atoms with Crippen molar-refractivity contribution < 1.29 is 0 Å². The van der Waals surface area contributed by atoms with Gasteiger partial charge in [0.05, 0.1) is 8.67 Å². The lowest BCUT2D eigenvalue weighted by Crippen LogP contribution is -2.28. The summed E-state index contributed by atoms with van der Waals surface area (Å²) in [5.74, 6) is 0. The van der Waals surface area contributed by atoms with Gasteiger partial charge in [-0.1, -0.05) is 23.2 Å². The fraction of sp³-hybridized carbons (Fsp3) is 0.385. The Labute approximate surface area is 132 Å². The highest BCUT2D eigenvalue weighted by atomic mass is 35.5. The smallest absolute Gasteiger partial charge is 0.0931 e. The van der Waals surface area contributed by atoms with Crippen LogP contribution < -0.4 is 5.32 Å². The standard InChI is InChI=1S/C13H16Cl2N2S2/c1-17(9-11-3-5-13(15)19-11)7-6-16-8-10-2-4-12(14)18-10/h2-5,16H,6-9H2,1H3. The second-order valence-corrected chi connectivity index (χ2v) is 7.93. The first kappa shape index (κ1) is 15.3. The molecule has 19 heavy (non-hydrogen) atoms. The van der Waals surface area contributed by atoms with E-state index in [0.717, 1.165) is 34.9 Å². The molecule has 2 nitrogen and oxygen atoms in total. The van der Waals surface area contributed by atoms with E-state index in [2.05, 4.69) is 29.4 Å². The minimum absolute atomic E-state index is 0.850. The molecular formula is C13H16Cl2N2S2. The summed E-state index contributed by atoms with van der Waals surface area (Å²) in [6.45, 7) is 3.81. The molecule has 0 aliphatic heterocycles. The average Bonchev–Trinajstić information content (AvgIpc) is 2.94. The lowest BCUT2D eigenvalue weighted by atomic mass is 10.4. The average molecular weight is 335 g/mol. The van der Waals surface area contributed by atoms with E-state index in [1.165, 1.54) is 9.75 Å². The Morgan fingerprint density at radius 3 is 2.26 bits per heavy atom. The van der Waals surface area contributed by atoms with Gasteiger partial charge in [0.25, 0.3) is 0 Å². The van der Waals surface area contributed by atoms with Crippen LogP contribution in [0.2, 0.25) is 8.67 Å². The Kier molecular flexibility index (Phi) is 6.13. The van der Waals surface area contributed by atoms with Crippen molar-refractivity contribution in [1.82, 2.24) is 10.2 Å². The molecule has 0 aromatic carbocycles. The first-order valence-corrected chi connectivity index (χ1v) is 8.40. The van der Waals surface area contributed by atoms with Gasteiger partial charge >= 0.3 is 0 Å². The Hall–Kier alpha value is -0.100. The van der Waals surface area contributed by atoms with Crippen LogP contribution in [0.1, 0.15) is 9.75 Å². The summed E-state index contributed by atoms with van der Waals surface area (Å²) in [4.78, 5) is 4.87. The van der Waals surface area contributed by atoms with Gasteiger partial charge in [-0.15, -0.1) is 22.7 Å². The molecule has 2 aromatic rings. The van der Waals surface area contributed by atoms with Gasteiger partial charge < -0.3 is 10.2 Å². The minimum Gasteiger partial charge on any atom is -0.311 e. The minimum atomic E-state index is 0.850. The molecule has 2 aromatic heterocycles. The molecule has 6 heteroatoms. The number of halogens is 2. The fourth-order valence-corrected chi connectivity index (χ4v) is 3.94. The highest BCUT2D eigenvalue weighted by molar-refractivity contribution is 7.16. The molecule has 0 saturated heterocycles. The van der Waals surface area contributed by atoms with Crippen LogP contribution in [0.3, 0.4) is 0 Å². The molecule has 0 aliphatic carbocycles. The van der Waals surface area contributed by atoms with Gasteiger partial charge in [-0.2, -0.15) is 0 Å². The van der Waals surface area contributed by atoms with E-state index in [9.17, 15) is 0 Å². The number of nitrogens with one attached hydrogen (secondary N) is 1. The summed E-state index contributed by atoms with van der Waals surface area (Å²) in [7, 11) is 2.12. The summed E-state index contributed by atoms with van der Waals surface area (Å²) >= 11 is 15.1. The number of rotatable bonds is 7. The Bertz CT molecular complexity index is 510. The highest BCUT2D eigenvalue weighted by Gasteiger charge is 2.03. The molecule has 0 bridgehead atoms. The van der Waals surface area contributed by atoms with Crippen LogP contribution in [0.5, 0.6) is 0 Å². The van der Waals surface area contributed by atoms with Gasteiger partial charge in [-0.25, -0.2) is 0 Å². The molecule has 2 rings (SSSR count). The molecule has 0 saturated carbocycles. The predicted octanol–water partition coefficient (Wildman–Crippen LogP) is 4.34. The van der Waals surface area contributed by atoms with Crippen LogP contribution in [0.25, 0.3) is 0 Å². The van der Waals surface area contributed by atoms with E-state index >= 15 is 0 Å². The Morgan fingerprint density at radius 2 is 1.68 bits per heavy atom. The van der Waals surface area contributed by atoms with E-state index in [0.29, 0.717) is 0 Å². The quantitative estimate of drug-likeness (QED) is 0.757. The van der Waals surface area contributed by atoms with Crippen molar-refractivity contribution in [3.63, 3.8) is 0 Å². The first-order valence-electron chi connectivity index (χ1n) is 6.01. The second kappa shape index (κ2) is 7.62. The third kappa shape index (κ3) is 5.42. The number of hydrogen-bond acceptors (Lipinski definition) is 4. The SMILES string of the molecule is CN(CCNCc1ccc(Cl)s1)Cc1ccc(Cl)s1. The van der Waals surface area contributed by atoms with Gasteiger partial charge in [0, 0.05) is 35.9 Å². The summed E-state index contributed by atoms with van der Waals surface area (Å²) in [5.41, 5.74) is 0. The molecule has 0 atom stereocenters. The maximum Gasteiger partial charge on any atom is 0.0931 e. The van der Waals surface area contributed by atoms with Crippen molar-refractivity contribution >= 4 is 45.9 Å². The normalized spacial score (nSPS) is 11.4. The number of likely N-dealkylation sites (N-methyl/N-ethyl adjacent to an activating group) is 1.